The third kappa shape index (κ3) is 6.07. The van der Waals surface area contributed by atoms with Gasteiger partial charge in [-0.1, -0.05) is 48.5 Å². The van der Waals surface area contributed by atoms with Gasteiger partial charge in [-0.2, -0.15) is 0 Å². The van der Waals surface area contributed by atoms with Crippen molar-refractivity contribution >= 4 is 28.5 Å². The molecular weight excluding hydrogens is 534 g/mol. The predicted octanol–water partition coefficient (Wildman–Crippen LogP) is 7.25. The number of ether oxygens (including phenoxy) is 5. The van der Waals surface area contributed by atoms with Crippen molar-refractivity contribution in [3.63, 3.8) is 0 Å². The SMILES string of the molecule is CCOc1cc(C=C(C(=O)c2cc(OC)c(OC)c(OC)c2)c2nc3ccccc3o2)ccc1OCc1ccccc1. The number of hydrogen-bond donors (Lipinski definition) is 0. The highest BCUT2D eigenvalue weighted by molar-refractivity contribution is 6.32. The lowest BCUT2D eigenvalue weighted by molar-refractivity contribution is 0.105. The average Bonchev–Trinajstić information content (AvgIpc) is 3.47. The van der Waals surface area contributed by atoms with Crippen LogP contribution < -0.4 is 23.7 Å². The number of fused-ring (bicyclic) bond motifs is 1. The summed E-state index contributed by atoms with van der Waals surface area (Å²) >= 11 is 0. The van der Waals surface area contributed by atoms with E-state index in [4.69, 9.17) is 28.1 Å². The molecule has 0 radical (unpaired) electrons. The summed E-state index contributed by atoms with van der Waals surface area (Å²) < 4.78 is 34.4. The fourth-order valence-electron chi connectivity index (χ4n) is 4.48. The maximum absolute atomic E-state index is 14.1. The van der Waals surface area contributed by atoms with Crippen molar-refractivity contribution in [1.29, 1.82) is 0 Å². The summed E-state index contributed by atoms with van der Waals surface area (Å²) in [6.07, 6.45) is 1.72. The van der Waals surface area contributed by atoms with E-state index in [9.17, 15) is 4.79 Å². The first kappa shape index (κ1) is 28.3. The smallest absolute Gasteiger partial charge is 0.231 e. The number of allylic oxidation sites excluding steroid dienone is 1. The lowest BCUT2D eigenvalue weighted by Gasteiger charge is -2.14. The molecular formula is C34H31NO7. The lowest BCUT2D eigenvalue weighted by Crippen LogP contribution is -2.06. The summed E-state index contributed by atoms with van der Waals surface area (Å²) in [5.41, 5.74) is 3.49. The van der Waals surface area contributed by atoms with Crippen LogP contribution >= 0.6 is 0 Å². The Morgan fingerprint density at radius 2 is 1.50 bits per heavy atom. The highest BCUT2D eigenvalue weighted by Crippen LogP contribution is 2.40. The highest BCUT2D eigenvalue weighted by Gasteiger charge is 2.24. The number of Topliss-reactive ketones (excluding diaryl/α,β-unsaturated/α-hetero) is 1. The van der Waals surface area contributed by atoms with Gasteiger partial charge in [-0.3, -0.25) is 4.79 Å². The van der Waals surface area contributed by atoms with E-state index in [0.717, 1.165) is 5.56 Å². The van der Waals surface area contributed by atoms with Crippen molar-refractivity contribution in [2.75, 3.05) is 27.9 Å². The maximum Gasteiger partial charge on any atom is 0.231 e. The van der Waals surface area contributed by atoms with Crippen LogP contribution in [0.25, 0.3) is 22.7 Å². The minimum absolute atomic E-state index is 0.178. The zero-order valence-corrected chi connectivity index (χ0v) is 23.9. The molecule has 5 rings (SSSR count). The van der Waals surface area contributed by atoms with Crippen LogP contribution in [0.15, 0.2) is 89.3 Å². The van der Waals surface area contributed by atoms with Crippen LogP contribution in [0.5, 0.6) is 28.7 Å². The fourth-order valence-corrected chi connectivity index (χ4v) is 4.48. The molecule has 5 aromatic rings. The Morgan fingerprint density at radius 1 is 0.786 bits per heavy atom. The minimum Gasteiger partial charge on any atom is -0.493 e. The second-order valence-electron chi connectivity index (χ2n) is 9.20. The van der Waals surface area contributed by atoms with Crippen LogP contribution in [-0.4, -0.2) is 38.7 Å². The van der Waals surface area contributed by atoms with Crippen LogP contribution in [0.4, 0.5) is 0 Å². The first-order valence-electron chi connectivity index (χ1n) is 13.4. The number of nitrogens with zero attached hydrogens (tertiary/aromatic N) is 1. The van der Waals surface area contributed by atoms with Crippen LogP contribution in [0.3, 0.4) is 0 Å². The number of oxazole rings is 1. The number of carbonyl (C=O) groups is 1. The van der Waals surface area contributed by atoms with E-state index in [1.54, 1.807) is 24.3 Å². The van der Waals surface area contributed by atoms with Gasteiger partial charge in [0.15, 0.2) is 34.4 Å². The van der Waals surface area contributed by atoms with Crippen molar-refractivity contribution in [2.24, 2.45) is 0 Å². The first-order chi connectivity index (χ1) is 20.5. The number of carbonyl (C=O) groups excluding carboxylic acids is 1. The van der Waals surface area contributed by atoms with Gasteiger partial charge >= 0.3 is 0 Å². The maximum atomic E-state index is 14.1. The topological polar surface area (TPSA) is 89.3 Å². The zero-order chi connectivity index (χ0) is 29.5. The molecule has 0 saturated heterocycles. The van der Waals surface area contributed by atoms with Crippen molar-refractivity contribution < 1.29 is 32.9 Å². The predicted molar refractivity (Wildman–Crippen MR) is 161 cm³/mol. The fraction of sp³-hybridized carbons (Fsp3) is 0.176. The molecule has 8 nitrogen and oxygen atoms in total. The van der Waals surface area contributed by atoms with E-state index < -0.39 is 0 Å². The monoisotopic (exact) mass is 565 g/mol. The van der Waals surface area contributed by atoms with Gasteiger partial charge in [-0.05, 0) is 60.5 Å². The number of hydrogen-bond acceptors (Lipinski definition) is 8. The zero-order valence-electron chi connectivity index (χ0n) is 23.9. The Labute approximate surface area is 244 Å². The van der Waals surface area contributed by atoms with E-state index in [0.29, 0.717) is 64.2 Å². The molecule has 0 fully saturated rings. The summed E-state index contributed by atoms with van der Waals surface area (Å²) in [7, 11) is 4.51. The van der Waals surface area contributed by atoms with Crippen molar-refractivity contribution in [3.8, 4) is 28.7 Å². The average molecular weight is 566 g/mol. The molecule has 214 valence electrons. The van der Waals surface area contributed by atoms with Gasteiger partial charge in [-0.25, -0.2) is 4.98 Å². The molecule has 42 heavy (non-hydrogen) atoms. The molecule has 0 unspecified atom stereocenters. The van der Waals surface area contributed by atoms with Gasteiger partial charge in [0.1, 0.15) is 12.1 Å². The minimum atomic E-state index is -0.344. The molecule has 0 spiro atoms. The van der Waals surface area contributed by atoms with Crippen LogP contribution in [0, 0.1) is 0 Å². The molecule has 4 aromatic carbocycles. The van der Waals surface area contributed by atoms with Gasteiger partial charge in [-0.15, -0.1) is 0 Å². The molecule has 0 aliphatic carbocycles. The number of rotatable bonds is 12. The highest BCUT2D eigenvalue weighted by atomic mass is 16.5. The molecule has 0 amide bonds. The molecule has 0 aliphatic heterocycles. The number of para-hydroxylation sites is 2. The number of methoxy groups -OCH3 is 3. The second-order valence-corrected chi connectivity index (χ2v) is 9.20. The first-order valence-corrected chi connectivity index (χ1v) is 13.4. The van der Waals surface area contributed by atoms with Gasteiger partial charge in [0.25, 0.3) is 0 Å². The Kier molecular flexibility index (Phi) is 8.72. The molecule has 0 saturated carbocycles. The third-order valence-electron chi connectivity index (χ3n) is 6.51. The molecule has 1 aromatic heterocycles. The number of ketones is 1. The van der Waals surface area contributed by atoms with Crippen LogP contribution in [-0.2, 0) is 6.61 Å². The quantitative estimate of drug-likeness (QED) is 0.115. The van der Waals surface area contributed by atoms with E-state index in [1.807, 2.05) is 73.7 Å². The standard InChI is InChI=1S/C34H31NO7/c1-5-40-29-18-23(15-16-28(29)41-21-22-11-7-6-8-12-22)17-25(34-35-26-13-9-10-14-27(26)42-34)32(36)24-19-30(37-2)33(39-4)31(20-24)38-3/h6-20H,5,21H2,1-4H3. The lowest BCUT2D eigenvalue weighted by atomic mass is 9.99. The Morgan fingerprint density at radius 3 is 2.17 bits per heavy atom. The summed E-state index contributed by atoms with van der Waals surface area (Å²) in [4.78, 5) is 18.7. The van der Waals surface area contributed by atoms with Gasteiger partial charge in [0.05, 0.1) is 33.5 Å². The van der Waals surface area contributed by atoms with Crippen LogP contribution in [0.2, 0.25) is 0 Å². The van der Waals surface area contributed by atoms with Crippen molar-refractivity contribution in [2.45, 2.75) is 13.5 Å². The third-order valence-corrected chi connectivity index (χ3v) is 6.51. The van der Waals surface area contributed by atoms with Crippen molar-refractivity contribution in [1.82, 2.24) is 4.98 Å². The van der Waals surface area contributed by atoms with E-state index >= 15 is 0 Å². The van der Waals surface area contributed by atoms with Gasteiger partial charge < -0.3 is 28.1 Å². The number of benzene rings is 4. The Balaban J connectivity index is 1.58. The summed E-state index contributed by atoms with van der Waals surface area (Å²) in [5.74, 6) is 2.08. The molecule has 0 atom stereocenters. The molecule has 1 heterocycles. The summed E-state index contributed by atoms with van der Waals surface area (Å²) in [6, 6.07) is 26.0. The summed E-state index contributed by atoms with van der Waals surface area (Å²) in [6.45, 7) is 2.74. The van der Waals surface area contributed by atoms with E-state index in [-0.39, 0.29) is 17.2 Å². The number of aromatic nitrogens is 1. The summed E-state index contributed by atoms with van der Waals surface area (Å²) in [5, 5.41) is 0. The Bertz CT molecular complexity index is 1670. The molecule has 0 bridgehead atoms. The molecule has 0 N–H and O–H groups in total. The largest absolute Gasteiger partial charge is 0.493 e. The van der Waals surface area contributed by atoms with E-state index in [1.165, 1.54) is 21.3 Å². The van der Waals surface area contributed by atoms with Gasteiger partial charge in [0, 0.05) is 5.56 Å². The van der Waals surface area contributed by atoms with Crippen LogP contribution in [0.1, 0.15) is 34.3 Å². The normalized spacial score (nSPS) is 11.3. The van der Waals surface area contributed by atoms with E-state index in [2.05, 4.69) is 4.98 Å². The van der Waals surface area contributed by atoms with Gasteiger partial charge in [0.2, 0.25) is 11.6 Å². The molecule has 8 heteroatoms. The molecule has 0 aliphatic rings. The van der Waals surface area contributed by atoms with Crippen molar-refractivity contribution in [3.05, 3.63) is 108 Å². The second kappa shape index (κ2) is 13.0. The Hall–Kier alpha value is -5.24.